The first-order valence-electron chi connectivity index (χ1n) is 18.1. The zero-order valence-electron chi connectivity index (χ0n) is 30.9. The number of nitrogens with zero attached hydrogens (tertiary/aromatic N) is 6. The highest BCUT2D eigenvalue weighted by Gasteiger charge is 2.36. The molecule has 3 heterocycles. The third-order valence-electron chi connectivity index (χ3n) is 10.4. The molecule has 278 valence electrons. The largest absolute Gasteiger partial charge is 0.497 e. The minimum Gasteiger partial charge on any atom is -0.497 e. The molecule has 1 fully saturated rings. The Balaban J connectivity index is 1.35. The molecule has 5 amide bonds. The molecule has 1 unspecified atom stereocenters. The van der Waals surface area contributed by atoms with E-state index < -0.39 is 0 Å². The van der Waals surface area contributed by atoms with Gasteiger partial charge in [0.15, 0.2) is 5.69 Å². The summed E-state index contributed by atoms with van der Waals surface area (Å²) in [5.41, 5.74) is 2.57. The highest BCUT2D eigenvalue weighted by atomic mass is 16.5. The fourth-order valence-corrected chi connectivity index (χ4v) is 7.36. The van der Waals surface area contributed by atoms with Crippen LogP contribution in [-0.2, 0) is 34.3 Å². The van der Waals surface area contributed by atoms with Crippen LogP contribution >= 0.6 is 0 Å². The lowest BCUT2D eigenvalue weighted by atomic mass is 9.89. The first kappa shape index (κ1) is 37.6. The maximum absolute atomic E-state index is 14.3. The number of benzene rings is 1. The van der Waals surface area contributed by atoms with Crippen molar-refractivity contribution in [3.05, 3.63) is 40.7 Å². The Bertz CT molecular complexity index is 1590. The molecule has 1 N–H and O–H groups in total. The maximum Gasteiger partial charge on any atom is 0.274 e. The predicted octanol–water partition coefficient (Wildman–Crippen LogP) is 2.14. The Hall–Kier alpha value is -4.62. The van der Waals surface area contributed by atoms with Crippen LogP contribution in [0.15, 0.2) is 18.2 Å². The molecule has 3 aliphatic rings. The van der Waals surface area contributed by atoms with Crippen molar-refractivity contribution < 1.29 is 33.4 Å². The van der Waals surface area contributed by atoms with Gasteiger partial charge in [-0.15, -0.1) is 0 Å². The molecule has 51 heavy (non-hydrogen) atoms. The van der Waals surface area contributed by atoms with Crippen LogP contribution < -0.4 is 14.8 Å². The van der Waals surface area contributed by atoms with E-state index in [2.05, 4.69) is 24.3 Å². The van der Waals surface area contributed by atoms with Gasteiger partial charge in [0.25, 0.3) is 11.8 Å². The van der Waals surface area contributed by atoms with Crippen molar-refractivity contribution in [2.24, 2.45) is 18.9 Å². The number of fused-ring (bicyclic) bond motifs is 1. The number of ether oxygens (including phenoxy) is 2. The highest BCUT2D eigenvalue weighted by molar-refractivity contribution is 5.97. The number of likely N-dealkylation sites (N-methyl/N-ethyl adjacent to an activating group) is 1. The van der Waals surface area contributed by atoms with Gasteiger partial charge < -0.3 is 34.4 Å². The van der Waals surface area contributed by atoms with E-state index in [4.69, 9.17) is 9.47 Å². The van der Waals surface area contributed by atoms with Crippen LogP contribution in [0.1, 0.15) is 78.1 Å². The molecule has 5 rings (SSSR count). The average Bonchev–Trinajstić information content (AvgIpc) is 3.46. The van der Waals surface area contributed by atoms with Crippen LogP contribution in [0.5, 0.6) is 11.5 Å². The van der Waals surface area contributed by atoms with E-state index in [0.717, 1.165) is 24.1 Å². The molecule has 2 aliphatic heterocycles. The van der Waals surface area contributed by atoms with Crippen molar-refractivity contribution >= 4 is 29.5 Å². The van der Waals surface area contributed by atoms with Crippen molar-refractivity contribution in [1.29, 1.82) is 0 Å². The number of piperidine rings is 1. The fraction of sp³-hybridized carbons (Fsp3) is 0.622. The summed E-state index contributed by atoms with van der Waals surface area (Å²) < 4.78 is 12.4. The Morgan fingerprint density at radius 3 is 2.27 bits per heavy atom. The average molecular weight is 708 g/mol. The summed E-state index contributed by atoms with van der Waals surface area (Å²) in [5, 5.41) is 7.43. The summed E-state index contributed by atoms with van der Waals surface area (Å²) in [6.45, 7) is 5.99. The van der Waals surface area contributed by atoms with Crippen LogP contribution in [0.2, 0.25) is 0 Å². The van der Waals surface area contributed by atoms with Gasteiger partial charge >= 0.3 is 0 Å². The molecule has 2 bridgehead atoms. The monoisotopic (exact) mass is 707 g/mol. The molecule has 0 spiro atoms. The number of hydrogen-bond donors (Lipinski definition) is 1. The highest BCUT2D eigenvalue weighted by Crippen LogP contribution is 2.30. The van der Waals surface area contributed by atoms with Gasteiger partial charge in [-0.25, -0.2) is 0 Å². The van der Waals surface area contributed by atoms with Gasteiger partial charge in [-0.2, -0.15) is 5.10 Å². The van der Waals surface area contributed by atoms with E-state index in [0.29, 0.717) is 87.0 Å². The number of methoxy groups -OCH3 is 2. The number of likely N-dealkylation sites (tertiary alicyclic amines) is 1. The minimum absolute atomic E-state index is 0.0709. The third-order valence-corrected chi connectivity index (χ3v) is 10.4. The Morgan fingerprint density at radius 2 is 1.63 bits per heavy atom. The topological polar surface area (TPSA) is 147 Å². The molecule has 2 aromatic rings. The van der Waals surface area contributed by atoms with Crippen molar-refractivity contribution in [2.75, 3.05) is 67.1 Å². The van der Waals surface area contributed by atoms with Gasteiger partial charge in [0.05, 0.1) is 27.3 Å². The zero-order valence-corrected chi connectivity index (χ0v) is 30.9. The second-order valence-corrected chi connectivity index (χ2v) is 14.4. The zero-order chi connectivity index (χ0) is 36.8. The Kier molecular flexibility index (Phi) is 12.2. The molecule has 0 saturated carbocycles. The van der Waals surface area contributed by atoms with Gasteiger partial charge in [-0.3, -0.25) is 28.7 Å². The predicted molar refractivity (Wildman–Crippen MR) is 190 cm³/mol. The lowest BCUT2D eigenvalue weighted by Gasteiger charge is -2.38. The van der Waals surface area contributed by atoms with E-state index in [-0.39, 0.29) is 61.1 Å². The van der Waals surface area contributed by atoms with Crippen LogP contribution in [-0.4, -0.2) is 132 Å². The van der Waals surface area contributed by atoms with Crippen molar-refractivity contribution in [1.82, 2.24) is 34.7 Å². The van der Waals surface area contributed by atoms with E-state index in [1.165, 1.54) is 19.1 Å². The van der Waals surface area contributed by atoms with E-state index in [9.17, 15) is 24.0 Å². The fourth-order valence-electron chi connectivity index (χ4n) is 7.36. The lowest BCUT2D eigenvalue weighted by Crippen LogP contribution is -2.52. The Morgan fingerprint density at radius 1 is 0.941 bits per heavy atom. The summed E-state index contributed by atoms with van der Waals surface area (Å²) >= 11 is 0. The standard InChI is InChI=1S/C37H53N7O7/c1-24(2)10-17-44-27-8-9-31-30(20-27)34(39-41(31)4)37(49)40(3)22-32(45)38-13-7-14-43(23-33(44)46)35(47)25-11-15-42(16-12-25)36(48)26-18-28(50-5)21-29(19-26)51-6/h18-19,21,24-25,27H,7-17,20,22-23H2,1-6H3,(H,38,45). The molecule has 14 nitrogen and oxygen atoms in total. The van der Waals surface area contributed by atoms with Crippen LogP contribution in [0.25, 0.3) is 0 Å². The number of carbonyl (C=O) groups is 5. The van der Waals surface area contributed by atoms with Gasteiger partial charge in [0.2, 0.25) is 17.7 Å². The number of carbonyl (C=O) groups excluding carboxylic acids is 5. The molecule has 14 heteroatoms. The summed E-state index contributed by atoms with van der Waals surface area (Å²) in [5.74, 6) is 0.0531. The quantitative estimate of drug-likeness (QED) is 0.461. The molecule has 1 aromatic heterocycles. The summed E-state index contributed by atoms with van der Waals surface area (Å²) in [4.78, 5) is 74.9. The van der Waals surface area contributed by atoms with Gasteiger partial charge in [-0.05, 0) is 63.0 Å². The van der Waals surface area contributed by atoms with Crippen molar-refractivity contribution in [3.63, 3.8) is 0 Å². The van der Waals surface area contributed by atoms with Crippen molar-refractivity contribution in [2.45, 2.75) is 64.8 Å². The van der Waals surface area contributed by atoms with E-state index in [1.807, 2.05) is 11.9 Å². The smallest absolute Gasteiger partial charge is 0.274 e. The maximum atomic E-state index is 14.3. The minimum atomic E-state index is -0.346. The van der Waals surface area contributed by atoms with Crippen molar-refractivity contribution in [3.8, 4) is 11.5 Å². The number of rotatable bonds is 7. The number of nitrogens with one attached hydrogen (secondary N) is 1. The second-order valence-electron chi connectivity index (χ2n) is 14.4. The van der Waals surface area contributed by atoms with Crippen LogP contribution in [0.4, 0.5) is 0 Å². The lowest BCUT2D eigenvalue weighted by molar-refractivity contribution is -0.145. The molecular weight excluding hydrogens is 654 g/mol. The number of aromatic nitrogens is 2. The first-order chi connectivity index (χ1) is 24.4. The molecule has 1 aromatic carbocycles. The molecule has 0 radical (unpaired) electrons. The molecule has 1 atom stereocenters. The summed E-state index contributed by atoms with van der Waals surface area (Å²) in [6, 6.07) is 4.92. The normalized spacial score (nSPS) is 19.7. The number of amides is 5. The Labute approximate surface area is 300 Å². The second kappa shape index (κ2) is 16.6. The summed E-state index contributed by atoms with van der Waals surface area (Å²) in [6.07, 6.45) is 4.06. The van der Waals surface area contributed by atoms with Crippen LogP contribution in [0, 0.1) is 11.8 Å². The van der Waals surface area contributed by atoms with Gasteiger partial charge in [-0.1, -0.05) is 13.8 Å². The van der Waals surface area contributed by atoms with Gasteiger partial charge in [0.1, 0.15) is 11.5 Å². The first-order valence-corrected chi connectivity index (χ1v) is 18.1. The summed E-state index contributed by atoms with van der Waals surface area (Å²) in [7, 11) is 6.49. The van der Waals surface area contributed by atoms with Crippen LogP contribution in [0.3, 0.4) is 0 Å². The molecule has 1 aliphatic carbocycles. The van der Waals surface area contributed by atoms with Gasteiger partial charge in [0, 0.05) is 81.7 Å². The van der Waals surface area contributed by atoms with E-state index >= 15 is 0 Å². The van der Waals surface area contributed by atoms with E-state index in [1.54, 1.807) is 39.7 Å². The molecule has 1 saturated heterocycles. The number of hydrogen-bond acceptors (Lipinski definition) is 8. The third kappa shape index (κ3) is 8.82. The SMILES string of the molecule is COc1cc(OC)cc(C(=O)N2CCC(C(=O)N3CCCNC(=O)CN(C)C(=O)c4nn(C)c5c4CC(CC5)N(CCC(C)C)C(=O)C3)CC2)c1. The molecular formula is C37H53N7O7. The number of aryl methyl sites for hydroxylation is 1.